The topological polar surface area (TPSA) is 16.7 Å². The van der Waals surface area contributed by atoms with Gasteiger partial charge in [-0.1, -0.05) is 20.4 Å². The van der Waals surface area contributed by atoms with E-state index in [4.69, 9.17) is 6.57 Å². The molecule has 0 bridgehead atoms. The van der Waals surface area contributed by atoms with Gasteiger partial charge in [0.05, 0.1) is 0 Å². The molecule has 0 aliphatic carbocycles. The van der Waals surface area contributed by atoms with Crippen LogP contribution in [-0.4, -0.2) is 12.9 Å². The first-order chi connectivity index (χ1) is 3.72. The van der Waals surface area contributed by atoms with Crippen LogP contribution in [0.15, 0.2) is 4.99 Å². The minimum Gasteiger partial charge on any atom is -0.365 e. The van der Waals surface area contributed by atoms with Crippen LogP contribution in [0.2, 0.25) is 0 Å². The van der Waals surface area contributed by atoms with E-state index in [1.54, 1.807) is 7.05 Å². The Balaban J connectivity index is 3.98. The Morgan fingerprint density at radius 2 is 2.12 bits per heavy atom. The lowest BCUT2D eigenvalue weighted by molar-refractivity contribution is 0.885. The summed E-state index contributed by atoms with van der Waals surface area (Å²) < 4.78 is 0. The summed E-state index contributed by atoms with van der Waals surface area (Å²) in [4.78, 5) is 6.97. The molecule has 0 aromatic rings. The molecule has 0 aliphatic rings. The average molecular weight is 110 g/mol. The zero-order chi connectivity index (χ0) is 6.57. The first kappa shape index (κ1) is 7.16. The third-order valence-electron chi connectivity index (χ3n) is 0.860. The van der Waals surface area contributed by atoms with E-state index < -0.39 is 0 Å². The summed E-state index contributed by atoms with van der Waals surface area (Å²) in [6.45, 7) is 10.5. The fourth-order valence-electron chi connectivity index (χ4n) is 0.437. The number of aliphatic imine (C=N–C) groups is 1. The molecule has 2 nitrogen and oxygen atoms in total. The Labute approximate surface area is 50.1 Å². The average Bonchev–Trinajstić information content (AvgIpc) is 1.69. The highest BCUT2D eigenvalue weighted by Crippen LogP contribution is 1.96. The zero-order valence-corrected chi connectivity index (χ0v) is 5.47. The molecule has 8 heavy (non-hydrogen) atoms. The third-order valence-corrected chi connectivity index (χ3v) is 0.860. The maximum absolute atomic E-state index is 6.58. The summed E-state index contributed by atoms with van der Waals surface area (Å²) in [5.41, 5.74) is 0. The van der Waals surface area contributed by atoms with Crippen LogP contribution in [0.1, 0.15) is 13.8 Å². The van der Waals surface area contributed by atoms with Crippen LogP contribution in [0, 0.1) is 12.5 Å². The fourth-order valence-corrected chi connectivity index (χ4v) is 0.437. The molecule has 0 atom stereocenters. The van der Waals surface area contributed by atoms with Gasteiger partial charge in [0.15, 0.2) is 0 Å². The van der Waals surface area contributed by atoms with Gasteiger partial charge >= 0.3 is 0 Å². The van der Waals surface area contributed by atoms with Crippen molar-refractivity contribution in [2.75, 3.05) is 7.05 Å². The van der Waals surface area contributed by atoms with Gasteiger partial charge in [-0.05, 0) is 0 Å². The number of hydrogen-bond donors (Lipinski definition) is 0. The van der Waals surface area contributed by atoms with Crippen molar-refractivity contribution in [3.63, 3.8) is 0 Å². The second-order valence-electron chi connectivity index (χ2n) is 1.85. The predicted molar refractivity (Wildman–Crippen MR) is 34.8 cm³/mol. The quantitative estimate of drug-likeness (QED) is 0.277. The van der Waals surface area contributed by atoms with E-state index in [-0.39, 0.29) is 5.92 Å². The molecule has 2 heteroatoms. The highest BCUT2D eigenvalue weighted by Gasteiger charge is 1.99. The zero-order valence-electron chi connectivity index (χ0n) is 5.47. The first-order valence-electron chi connectivity index (χ1n) is 2.56. The van der Waals surface area contributed by atoms with Crippen molar-refractivity contribution in [1.29, 1.82) is 0 Å². The van der Waals surface area contributed by atoms with Gasteiger partial charge < -0.3 is 4.85 Å². The van der Waals surface area contributed by atoms with Gasteiger partial charge in [0, 0.05) is 5.92 Å². The fraction of sp³-hybridized carbons (Fsp3) is 0.667. The van der Waals surface area contributed by atoms with Crippen molar-refractivity contribution in [2.45, 2.75) is 13.8 Å². The molecule has 0 aromatic carbocycles. The predicted octanol–water partition coefficient (Wildman–Crippen LogP) is 1.59. The largest absolute Gasteiger partial charge is 0.365 e. The van der Waals surface area contributed by atoms with E-state index in [1.807, 2.05) is 13.8 Å². The summed E-state index contributed by atoms with van der Waals surface area (Å²) in [6, 6.07) is 0. The SMILES string of the molecule is [C-]#[N+]C(=NC)C(C)C. The van der Waals surface area contributed by atoms with Crippen LogP contribution < -0.4 is 0 Å². The lowest BCUT2D eigenvalue weighted by atomic mass is 10.2. The third kappa shape index (κ3) is 1.74. The summed E-state index contributed by atoms with van der Waals surface area (Å²) in [7, 11) is 1.65. The molecule has 44 valence electrons. The standard InChI is InChI=1S/C6H10N2/c1-5(2)6(7-3)8-4/h5H,1-3H3. The Bertz CT molecular complexity index is 128. The first-order valence-corrected chi connectivity index (χ1v) is 2.56. The molecular weight excluding hydrogens is 100 g/mol. The Morgan fingerprint density at radius 3 is 2.12 bits per heavy atom. The molecule has 0 aromatic heterocycles. The lowest BCUT2D eigenvalue weighted by Gasteiger charge is -1.96. The molecule has 0 aliphatic heterocycles. The van der Waals surface area contributed by atoms with E-state index in [0.717, 1.165) is 0 Å². The van der Waals surface area contributed by atoms with Gasteiger partial charge in [0.25, 0.3) is 0 Å². The molecule has 0 saturated carbocycles. The van der Waals surface area contributed by atoms with Crippen LogP contribution in [0.4, 0.5) is 0 Å². The molecular formula is C6H10N2. The highest BCUT2D eigenvalue weighted by atomic mass is 14.9. The Hall–Kier alpha value is -0.840. The summed E-state index contributed by atoms with van der Waals surface area (Å²) in [6.07, 6.45) is 0. The van der Waals surface area contributed by atoms with Gasteiger partial charge in [-0.15, -0.1) is 0 Å². The highest BCUT2D eigenvalue weighted by molar-refractivity contribution is 5.92. The molecule has 0 radical (unpaired) electrons. The normalized spacial score (nSPS) is 11.6. The van der Waals surface area contributed by atoms with E-state index >= 15 is 0 Å². The molecule has 0 saturated heterocycles. The van der Waals surface area contributed by atoms with Gasteiger partial charge in [0.2, 0.25) is 5.84 Å². The van der Waals surface area contributed by atoms with Crippen LogP contribution >= 0.6 is 0 Å². The summed E-state index contributed by atoms with van der Waals surface area (Å²) in [5, 5.41) is 0. The molecule has 0 amide bonds. The van der Waals surface area contributed by atoms with Crippen molar-refractivity contribution < 1.29 is 0 Å². The summed E-state index contributed by atoms with van der Waals surface area (Å²) >= 11 is 0. The van der Waals surface area contributed by atoms with Crippen LogP contribution in [0.25, 0.3) is 4.85 Å². The Kier molecular flexibility index (Phi) is 2.86. The summed E-state index contributed by atoms with van der Waals surface area (Å²) in [5.74, 6) is 0.877. The molecule has 0 fully saturated rings. The van der Waals surface area contributed by atoms with E-state index in [1.165, 1.54) is 0 Å². The van der Waals surface area contributed by atoms with Crippen molar-refractivity contribution in [2.24, 2.45) is 10.9 Å². The van der Waals surface area contributed by atoms with E-state index in [2.05, 4.69) is 9.84 Å². The van der Waals surface area contributed by atoms with Crippen LogP contribution in [0.3, 0.4) is 0 Å². The van der Waals surface area contributed by atoms with Crippen molar-refractivity contribution in [3.8, 4) is 0 Å². The molecule has 0 N–H and O–H groups in total. The van der Waals surface area contributed by atoms with Crippen molar-refractivity contribution in [1.82, 2.24) is 0 Å². The second kappa shape index (κ2) is 3.20. The van der Waals surface area contributed by atoms with E-state index in [0.29, 0.717) is 5.84 Å². The number of hydrogen-bond acceptors (Lipinski definition) is 1. The monoisotopic (exact) mass is 110 g/mol. The molecule has 0 spiro atoms. The van der Waals surface area contributed by atoms with Crippen molar-refractivity contribution >= 4 is 5.84 Å². The van der Waals surface area contributed by atoms with Gasteiger partial charge in [0.1, 0.15) is 7.05 Å². The Morgan fingerprint density at radius 1 is 1.62 bits per heavy atom. The maximum atomic E-state index is 6.58. The minimum absolute atomic E-state index is 0.275. The van der Waals surface area contributed by atoms with Crippen LogP contribution in [0.5, 0.6) is 0 Å². The molecule has 0 heterocycles. The number of rotatable bonds is 1. The molecule has 0 unspecified atom stereocenters. The second-order valence-corrected chi connectivity index (χ2v) is 1.85. The minimum atomic E-state index is 0.275. The van der Waals surface area contributed by atoms with Gasteiger partial charge in [-0.3, -0.25) is 0 Å². The maximum Gasteiger partial charge on any atom is 0.243 e. The van der Waals surface area contributed by atoms with Gasteiger partial charge in [-0.25, -0.2) is 0 Å². The molecule has 0 rings (SSSR count). The van der Waals surface area contributed by atoms with Crippen LogP contribution in [-0.2, 0) is 0 Å². The number of nitrogens with zero attached hydrogens (tertiary/aromatic N) is 2. The van der Waals surface area contributed by atoms with E-state index in [9.17, 15) is 0 Å². The van der Waals surface area contributed by atoms with Crippen molar-refractivity contribution in [3.05, 3.63) is 11.4 Å². The lowest BCUT2D eigenvalue weighted by Crippen LogP contribution is -2.00. The smallest absolute Gasteiger partial charge is 0.243 e. The van der Waals surface area contributed by atoms with Gasteiger partial charge in [-0.2, -0.15) is 4.99 Å². The number of amidine groups is 1.